The van der Waals surface area contributed by atoms with Crippen LogP contribution in [-0.4, -0.2) is 24.7 Å². The first-order valence-electron chi connectivity index (χ1n) is 6.23. The van der Waals surface area contributed by atoms with E-state index < -0.39 is 0 Å². The lowest BCUT2D eigenvalue weighted by atomic mass is 10.0. The molecule has 2 rings (SSSR count). The van der Waals surface area contributed by atoms with Crippen LogP contribution in [0.4, 0.5) is 11.4 Å². The normalized spacial score (nSPS) is 19.5. The van der Waals surface area contributed by atoms with Crippen molar-refractivity contribution in [2.45, 2.75) is 19.8 Å². The third kappa shape index (κ3) is 3.20. The maximum atomic E-state index is 10.7. The van der Waals surface area contributed by atoms with Crippen LogP contribution in [0.25, 0.3) is 0 Å². The molecule has 0 aromatic heterocycles. The quantitative estimate of drug-likeness (QED) is 0.659. The van der Waals surface area contributed by atoms with Gasteiger partial charge < -0.3 is 10.1 Å². The molecule has 1 fully saturated rings. The molecule has 0 spiro atoms. The van der Waals surface area contributed by atoms with E-state index in [1.807, 2.05) is 6.92 Å². The number of non-ortho nitro benzene ring substituents is 1. The molecule has 1 heterocycles. The van der Waals surface area contributed by atoms with E-state index in [0.717, 1.165) is 43.9 Å². The van der Waals surface area contributed by atoms with E-state index in [4.69, 9.17) is 4.74 Å². The number of nitrogens with one attached hydrogen (secondary N) is 1. The number of aryl methyl sites for hydroxylation is 1. The van der Waals surface area contributed by atoms with Crippen LogP contribution in [0.15, 0.2) is 18.2 Å². The molecule has 1 aliphatic heterocycles. The summed E-state index contributed by atoms with van der Waals surface area (Å²) in [5.41, 5.74) is 2.00. The Bertz CT molecular complexity index is 428. The van der Waals surface area contributed by atoms with Gasteiger partial charge in [0.15, 0.2) is 0 Å². The van der Waals surface area contributed by atoms with E-state index in [9.17, 15) is 10.1 Å². The Morgan fingerprint density at radius 2 is 2.39 bits per heavy atom. The molecule has 1 saturated heterocycles. The van der Waals surface area contributed by atoms with Crippen molar-refractivity contribution in [2.24, 2.45) is 5.92 Å². The number of ether oxygens (including phenoxy) is 1. The second kappa shape index (κ2) is 5.82. The predicted octanol–water partition coefficient (Wildman–Crippen LogP) is 2.74. The van der Waals surface area contributed by atoms with Gasteiger partial charge in [-0.25, -0.2) is 0 Å². The number of nitro benzene ring substituents is 1. The van der Waals surface area contributed by atoms with Gasteiger partial charge in [0, 0.05) is 31.0 Å². The Balaban J connectivity index is 1.99. The lowest BCUT2D eigenvalue weighted by Gasteiger charge is -2.23. The van der Waals surface area contributed by atoms with E-state index in [-0.39, 0.29) is 10.6 Å². The molecule has 0 amide bonds. The van der Waals surface area contributed by atoms with Gasteiger partial charge in [0.1, 0.15) is 0 Å². The molecule has 1 unspecified atom stereocenters. The third-order valence-electron chi connectivity index (χ3n) is 3.27. The fourth-order valence-corrected chi connectivity index (χ4v) is 2.14. The van der Waals surface area contributed by atoms with E-state index in [1.54, 1.807) is 12.1 Å². The number of rotatable bonds is 4. The van der Waals surface area contributed by atoms with Crippen molar-refractivity contribution >= 4 is 11.4 Å². The van der Waals surface area contributed by atoms with Crippen molar-refractivity contribution in [1.29, 1.82) is 0 Å². The molecule has 5 nitrogen and oxygen atoms in total. The Kier molecular flexibility index (Phi) is 4.15. The summed E-state index contributed by atoms with van der Waals surface area (Å²) < 4.78 is 5.41. The van der Waals surface area contributed by atoms with Crippen LogP contribution < -0.4 is 5.32 Å². The van der Waals surface area contributed by atoms with Crippen molar-refractivity contribution in [3.05, 3.63) is 33.9 Å². The largest absolute Gasteiger partial charge is 0.384 e. The van der Waals surface area contributed by atoms with Crippen molar-refractivity contribution < 1.29 is 9.66 Å². The van der Waals surface area contributed by atoms with Crippen LogP contribution in [0.1, 0.15) is 18.4 Å². The minimum absolute atomic E-state index is 0.128. The van der Waals surface area contributed by atoms with Gasteiger partial charge in [-0.15, -0.1) is 0 Å². The first-order valence-corrected chi connectivity index (χ1v) is 6.23. The van der Waals surface area contributed by atoms with Gasteiger partial charge in [-0.05, 0) is 31.2 Å². The molecule has 0 saturated carbocycles. The van der Waals surface area contributed by atoms with Gasteiger partial charge in [0.2, 0.25) is 0 Å². The smallest absolute Gasteiger partial charge is 0.271 e. The Hall–Kier alpha value is -1.62. The average Bonchev–Trinajstić information content (AvgIpc) is 2.38. The molecular formula is C13H18N2O3. The summed E-state index contributed by atoms with van der Waals surface area (Å²) in [5.74, 6) is 0.498. The van der Waals surface area contributed by atoms with Crippen LogP contribution in [0, 0.1) is 23.0 Å². The SMILES string of the molecule is Cc1ccc([N+](=O)[O-])cc1NCC1CCCOC1. The van der Waals surface area contributed by atoms with Gasteiger partial charge in [-0.1, -0.05) is 6.07 Å². The summed E-state index contributed by atoms with van der Waals surface area (Å²) in [6, 6.07) is 4.90. The van der Waals surface area contributed by atoms with Crippen LogP contribution in [-0.2, 0) is 4.74 Å². The molecule has 1 atom stereocenters. The molecule has 1 aliphatic rings. The van der Waals surface area contributed by atoms with Crippen LogP contribution in [0.3, 0.4) is 0 Å². The lowest BCUT2D eigenvalue weighted by Crippen LogP contribution is -2.24. The first-order chi connectivity index (χ1) is 8.66. The molecule has 18 heavy (non-hydrogen) atoms. The van der Waals surface area contributed by atoms with E-state index in [2.05, 4.69) is 5.32 Å². The Labute approximate surface area is 106 Å². The highest BCUT2D eigenvalue weighted by Gasteiger charge is 2.14. The maximum Gasteiger partial charge on any atom is 0.271 e. The molecule has 0 radical (unpaired) electrons. The number of nitro groups is 1. The number of hydrogen-bond donors (Lipinski definition) is 1. The molecule has 1 aromatic rings. The zero-order chi connectivity index (χ0) is 13.0. The zero-order valence-corrected chi connectivity index (χ0v) is 10.5. The monoisotopic (exact) mass is 250 g/mol. The summed E-state index contributed by atoms with van der Waals surface area (Å²) in [7, 11) is 0. The summed E-state index contributed by atoms with van der Waals surface area (Å²) in [6.07, 6.45) is 2.25. The predicted molar refractivity (Wildman–Crippen MR) is 69.9 cm³/mol. The minimum Gasteiger partial charge on any atom is -0.384 e. The molecule has 1 N–H and O–H groups in total. The van der Waals surface area contributed by atoms with Crippen molar-refractivity contribution in [2.75, 3.05) is 25.1 Å². The summed E-state index contributed by atoms with van der Waals surface area (Å²) in [6.45, 7) is 4.39. The number of hydrogen-bond acceptors (Lipinski definition) is 4. The van der Waals surface area contributed by atoms with Crippen LogP contribution >= 0.6 is 0 Å². The highest BCUT2D eigenvalue weighted by molar-refractivity contribution is 5.56. The van der Waals surface area contributed by atoms with Crippen molar-refractivity contribution in [3.63, 3.8) is 0 Å². The van der Waals surface area contributed by atoms with Crippen molar-refractivity contribution in [3.8, 4) is 0 Å². The third-order valence-corrected chi connectivity index (χ3v) is 3.27. The zero-order valence-electron chi connectivity index (χ0n) is 10.5. The van der Waals surface area contributed by atoms with Crippen LogP contribution in [0.5, 0.6) is 0 Å². The number of benzene rings is 1. The summed E-state index contributed by atoms with van der Waals surface area (Å²) >= 11 is 0. The van der Waals surface area contributed by atoms with Gasteiger partial charge in [-0.3, -0.25) is 10.1 Å². The van der Waals surface area contributed by atoms with Gasteiger partial charge in [0.25, 0.3) is 5.69 Å². The molecule has 0 bridgehead atoms. The lowest BCUT2D eigenvalue weighted by molar-refractivity contribution is -0.384. The summed E-state index contributed by atoms with van der Waals surface area (Å²) in [5, 5.41) is 14.0. The fourth-order valence-electron chi connectivity index (χ4n) is 2.14. The minimum atomic E-state index is -0.367. The van der Waals surface area contributed by atoms with Crippen molar-refractivity contribution in [1.82, 2.24) is 0 Å². The average molecular weight is 250 g/mol. The van der Waals surface area contributed by atoms with E-state index in [1.165, 1.54) is 6.07 Å². The molecule has 98 valence electrons. The van der Waals surface area contributed by atoms with E-state index >= 15 is 0 Å². The second-order valence-electron chi connectivity index (χ2n) is 4.72. The number of anilines is 1. The maximum absolute atomic E-state index is 10.7. The van der Waals surface area contributed by atoms with E-state index in [0.29, 0.717) is 5.92 Å². The summed E-state index contributed by atoms with van der Waals surface area (Å²) in [4.78, 5) is 10.4. The molecule has 5 heteroatoms. The fraction of sp³-hybridized carbons (Fsp3) is 0.538. The highest BCUT2D eigenvalue weighted by Crippen LogP contribution is 2.23. The topological polar surface area (TPSA) is 64.4 Å². The Morgan fingerprint density at radius 3 is 3.06 bits per heavy atom. The first kappa shape index (κ1) is 12.8. The molecule has 1 aromatic carbocycles. The second-order valence-corrected chi connectivity index (χ2v) is 4.72. The molecule has 0 aliphatic carbocycles. The van der Waals surface area contributed by atoms with Gasteiger partial charge in [0.05, 0.1) is 11.5 Å². The standard InChI is InChI=1S/C13H18N2O3/c1-10-4-5-12(15(16)17)7-13(10)14-8-11-3-2-6-18-9-11/h4-5,7,11,14H,2-3,6,8-9H2,1H3. The van der Waals surface area contributed by atoms with Crippen LogP contribution in [0.2, 0.25) is 0 Å². The Morgan fingerprint density at radius 1 is 1.56 bits per heavy atom. The number of nitrogens with zero attached hydrogens (tertiary/aromatic N) is 1. The van der Waals surface area contributed by atoms with Gasteiger partial charge >= 0.3 is 0 Å². The van der Waals surface area contributed by atoms with Gasteiger partial charge in [-0.2, -0.15) is 0 Å². The highest BCUT2D eigenvalue weighted by atomic mass is 16.6. The molecular weight excluding hydrogens is 232 g/mol.